The molecule has 3 aliphatic heterocycles. The highest BCUT2D eigenvalue weighted by Crippen LogP contribution is 2.48. The number of fused-ring (bicyclic) bond motifs is 3. The van der Waals surface area contributed by atoms with Gasteiger partial charge in [0.05, 0.1) is 47.0 Å². The fourth-order valence-corrected chi connectivity index (χ4v) is 8.81. The lowest BCUT2D eigenvalue weighted by Crippen LogP contribution is -2.57. The molecule has 18 heteroatoms. The van der Waals surface area contributed by atoms with Gasteiger partial charge >= 0.3 is 18.3 Å². The van der Waals surface area contributed by atoms with E-state index in [4.69, 9.17) is 14.2 Å². The molecule has 3 atom stereocenters. The number of amides is 1. The molecule has 62 heavy (non-hydrogen) atoms. The zero-order valence-electron chi connectivity index (χ0n) is 35.4. The summed E-state index contributed by atoms with van der Waals surface area (Å²) in [6, 6.07) is 9.02. The van der Waals surface area contributed by atoms with Crippen molar-refractivity contribution in [1.29, 1.82) is 5.26 Å². The maximum absolute atomic E-state index is 17.4. The third kappa shape index (κ3) is 8.47. The zero-order chi connectivity index (χ0) is 45.1. The van der Waals surface area contributed by atoms with Crippen LogP contribution in [-0.2, 0) is 17.5 Å². The molecule has 3 aliphatic rings. The molecule has 3 saturated heterocycles. The summed E-state index contributed by atoms with van der Waals surface area (Å²) in [6.45, 7) is 7.39. The number of hydrogen-bond donors (Lipinski definition) is 1. The van der Waals surface area contributed by atoms with Crippen molar-refractivity contribution in [2.24, 2.45) is 5.41 Å². The van der Waals surface area contributed by atoms with Crippen LogP contribution in [0, 0.1) is 35.3 Å². The lowest BCUT2D eigenvalue weighted by atomic mass is 9.79. The molecular formula is C44H48F7N7O4. The third-order valence-electron chi connectivity index (χ3n) is 11.9. The summed E-state index contributed by atoms with van der Waals surface area (Å²) in [5.74, 6) is -5.67. The van der Waals surface area contributed by atoms with Crippen LogP contribution in [0.25, 0.3) is 22.0 Å². The molecule has 0 aliphatic carbocycles. The van der Waals surface area contributed by atoms with E-state index in [1.807, 2.05) is 0 Å². The normalized spacial score (nSPS) is 21.5. The maximum Gasteiger partial charge on any atom is 0.417 e. The highest BCUT2D eigenvalue weighted by atomic mass is 19.4. The Kier molecular flexibility index (Phi) is 11.7. The van der Waals surface area contributed by atoms with E-state index in [0.29, 0.717) is 24.2 Å². The monoisotopic (exact) mass is 871 g/mol. The van der Waals surface area contributed by atoms with E-state index >= 15 is 30.7 Å². The van der Waals surface area contributed by atoms with E-state index in [-0.39, 0.29) is 49.6 Å². The number of anilines is 2. The Bertz CT molecular complexity index is 2400. The number of ether oxygens (including phenoxy) is 3. The van der Waals surface area contributed by atoms with Gasteiger partial charge in [0.2, 0.25) is 0 Å². The lowest BCUT2D eigenvalue weighted by molar-refractivity contribution is -0.169. The van der Waals surface area contributed by atoms with Crippen LogP contribution in [0.5, 0.6) is 11.8 Å². The second kappa shape index (κ2) is 16.3. The first-order chi connectivity index (χ1) is 29.0. The second-order valence-corrected chi connectivity index (χ2v) is 17.7. The van der Waals surface area contributed by atoms with Gasteiger partial charge in [0.25, 0.3) is 5.92 Å². The van der Waals surface area contributed by atoms with Gasteiger partial charge in [-0.05, 0) is 89.9 Å². The van der Waals surface area contributed by atoms with E-state index in [1.54, 1.807) is 72.9 Å². The first-order valence-corrected chi connectivity index (χ1v) is 20.2. The van der Waals surface area contributed by atoms with Crippen LogP contribution < -0.4 is 19.7 Å². The SMILES string of the molecule is COc1ccc(CNc2cc(C)c(C(F)(F)F)c(-c3c(F)cc4c(N5C[C@H]6CC[C@@H](C5)N6C(=O)OC(C)(C)C)nc(OC[C@]5(C)CN(C)CCC5(F)F)nc4c3F)c2C#N)cc1. The Morgan fingerprint density at radius 2 is 1.69 bits per heavy atom. The number of benzene rings is 3. The van der Waals surface area contributed by atoms with Crippen LogP contribution in [0.3, 0.4) is 0 Å². The van der Waals surface area contributed by atoms with Crippen LogP contribution in [0.2, 0.25) is 0 Å². The number of piperidine rings is 1. The van der Waals surface area contributed by atoms with E-state index in [9.17, 15) is 10.1 Å². The molecule has 1 amide bonds. The quantitative estimate of drug-likeness (QED) is 0.163. The smallest absolute Gasteiger partial charge is 0.417 e. The summed E-state index contributed by atoms with van der Waals surface area (Å²) in [7, 11) is 3.17. The van der Waals surface area contributed by atoms with Crippen LogP contribution in [-0.4, -0.2) is 96.4 Å². The first kappa shape index (κ1) is 44.5. The number of halogens is 7. The van der Waals surface area contributed by atoms with Crippen molar-refractivity contribution in [3.63, 3.8) is 0 Å². The molecule has 0 radical (unpaired) electrons. The van der Waals surface area contributed by atoms with Crippen molar-refractivity contribution in [3.05, 3.63) is 70.3 Å². The molecule has 332 valence electrons. The molecule has 2 bridgehead atoms. The van der Waals surface area contributed by atoms with Gasteiger partial charge in [-0.25, -0.2) is 22.4 Å². The minimum absolute atomic E-state index is 0.0276. The van der Waals surface area contributed by atoms with Gasteiger partial charge in [-0.15, -0.1) is 0 Å². The van der Waals surface area contributed by atoms with E-state index in [1.165, 1.54) is 14.0 Å². The summed E-state index contributed by atoms with van der Waals surface area (Å²) < 4.78 is 127. The Balaban J connectivity index is 1.37. The summed E-state index contributed by atoms with van der Waals surface area (Å²) >= 11 is 0. The first-order valence-electron chi connectivity index (χ1n) is 20.2. The number of likely N-dealkylation sites (tertiary alicyclic amines) is 1. The average Bonchev–Trinajstić information content (AvgIpc) is 3.46. The van der Waals surface area contributed by atoms with Gasteiger partial charge in [0, 0.05) is 50.1 Å². The molecule has 1 N–H and O–H groups in total. The number of nitriles is 1. The van der Waals surface area contributed by atoms with Crippen LogP contribution in [0.4, 0.5) is 47.0 Å². The number of carbonyl (C=O) groups excluding carboxylic acids is 1. The predicted molar refractivity (Wildman–Crippen MR) is 217 cm³/mol. The Labute approximate surface area is 354 Å². The average molecular weight is 872 g/mol. The van der Waals surface area contributed by atoms with Gasteiger partial charge in [-0.1, -0.05) is 12.1 Å². The van der Waals surface area contributed by atoms with E-state index < -0.39 is 105 Å². The molecule has 11 nitrogen and oxygen atoms in total. The number of aryl methyl sites for hydroxylation is 1. The Hall–Kier alpha value is -5.57. The van der Waals surface area contributed by atoms with Crippen molar-refractivity contribution in [3.8, 4) is 29.0 Å². The van der Waals surface area contributed by atoms with Crippen molar-refractivity contribution < 1.29 is 49.7 Å². The van der Waals surface area contributed by atoms with E-state index in [2.05, 4.69) is 15.3 Å². The van der Waals surface area contributed by atoms with Gasteiger partial charge in [-0.2, -0.15) is 28.4 Å². The lowest BCUT2D eigenvalue weighted by Gasteiger charge is -2.44. The Morgan fingerprint density at radius 1 is 1.03 bits per heavy atom. The topological polar surface area (TPSA) is 116 Å². The molecule has 7 rings (SSSR count). The number of hydrogen-bond acceptors (Lipinski definition) is 10. The summed E-state index contributed by atoms with van der Waals surface area (Å²) in [6.07, 6.45) is -5.02. The molecule has 4 aromatic rings. The fraction of sp³-hybridized carbons (Fsp3) is 0.500. The van der Waals surface area contributed by atoms with Crippen molar-refractivity contribution >= 4 is 28.5 Å². The second-order valence-electron chi connectivity index (χ2n) is 17.7. The number of piperazine rings is 1. The summed E-state index contributed by atoms with van der Waals surface area (Å²) in [5, 5.41) is 13.2. The highest BCUT2D eigenvalue weighted by Gasteiger charge is 2.54. The van der Waals surface area contributed by atoms with Crippen LogP contribution in [0.15, 0.2) is 36.4 Å². The number of nitrogens with one attached hydrogen (secondary N) is 1. The fourth-order valence-electron chi connectivity index (χ4n) is 8.81. The van der Waals surface area contributed by atoms with Crippen molar-refractivity contribution in [1.82, 2.24) is 19.8 Å². The Morgan fingerprint density at radius 3 is 2.29 bits per heavy atom. The van der Waals surface area contributed by atoms with Crippen LogP contribution >= 0.6 is 0 Å². The molecule has 4 heterocycles. The molecule has 0 saturated carbocycles. The van der Waals surface area contributed by atoms with Gasteiger partial charge < -0.3 is 29.3 Å². The number of nitrogens with zero attached hydrogens (tertiary/aromatic N) is 6. The minimum Gasteiger partial charge on any atom is -0.497 e. The maximum atomic E-state index is 17.4. The molecule has 1 aromatic heterocycles. The third-order valence-corrected chi connectivity index (χ3v) is 11.9. The standard InChI is InChI=1S/C44H48F7N7O4/c1-24-16-32(53-19-25-8-12-28(60-7)13-9-25)30(18-52)33(35(24)44(49,50)51)34-31(45)17-29-37(36(34)46)54-39(61-23-42(5)22-56(6)15-14-43(42,47)48)55-38(29)57-20-26-10-11-27(21-57)58(26)40(59)62-41(2,3)4/h8-9,12-13,16-17,26-27,53H,10-11,14-15,19-23H2,1-7H3/t26-,27+,42-/m0/s1. The zero-order valence-corrected chi connectivity index (χ0v) is 35.4. The number of aromatic nitrogens is 2. The van der Waals surface area contributed by atoms with Gasteiger partial charge in [0.15, 0.2) is 5.82 Å². The molecule has 0 spiro atoms. The van der Waals surface area contributed by atoms with Crippen LogP contribution in [0.1, 0.15) is 69.2 Å². The highest BCUT2D eigenvalue weighted by molar-refractivity contribution is 5.96. The summed E-state index contributed by atoms with van der Waals surface area (Å²) in [4.78, 5) is 27.1. The van der Waals surface area contributed by atoms with Gasteiger partial charge in [-0.3, -0.25) is 4.90 Å². The number of methoxy groups -OCH3 is 1. The predicted octanol–water partition coefficient (Wildman–Crippen LogP) is 9.34. The van der Waals surface area contributed by atoms with Crippen molar-refractivity contribution in [2.75, 3.05) is 57.2 Å². The molecule has 0 unspecified atom stereocenters. The van der Waals surface area contributed by atoms with E-state index in [0.717, 1.165) is 19.1 Å². The largest absolute Gasteiger partial charge is 0.497 e. The number of rotatable bonds is 9. The minimum atomic E-state index is -5.18. The molecule has 3 aromatic carbocycles. The number of carbonyl (C=O) groups is 1. The molecular weight excluding hydrogens is 824 g/mol. The van der Waals surface area contributed by atoms with Crippen molar-refractivity contribution in [2.45, 2.75) is 90.2 Å². The summed E-state index contributed by atoms with van der Waals surface area (Å²) in [5.41, 5.74) is -7.37. The number of alkyl halides is 5. The van der Waals surface area contributed by atoms with Gasteiger partial charge in [0.1, 0.15) is 41.2 Å². The molecule has 3 fully saturated rings.